The van der Waals surface area contributed by atoms with E-state index in [1.165, 1.54) is 6.08 Å². The van der Waals surface area contributed by atoms with Crippen LogP contribution in [0.3, 0.4) is 0 Å². The Labute approximate surface area is 162 Å². The van der Waals surface area contributed by atoms with Crippen molar-refractivity contribution in [3.63, 3.8) is 0 Å². The second-order valence-corrected chi connectivity index (χ2v) is 7.51. The molecule has 0 unspecified atom stereocenters. The number of furan rings is 1. The van der Waals surface area contributed by atoms with Crippen molar-refractivity contribution in [2.75, 3.05) is 6.54 Å². The molecule has 1 aliphatic heterocycles. The van der Waals surface area contributed by atoms with Crippen LogP contribution in [0.5, 0.6) is 0 Å². The van der Waals surface area contributed by atoms with Gasteiger partial charge in [0.1, 0.15) is 22.4 Å². The zero-order chi connectivity index (χ0) is 18.1. The van der Waals surface area contributed by atoms with Crippen molar-refractivity contribution in [2.45, 2.75) is 0 Å². The van der Waals surface area contributed by atoms with Gasteiger partial charge >= 0.3 is 5.97 Å². The summed E-state index contributed by atoms with van der Waals surface area (Å²) >= 11 is 18.2. The molecular formula is C16H9Cl2NO4S2. The molecule has 2 aromatic rings. The molecule has 0 saturated carbocycles. The molecule has 0 radical (unpaired) electrons. The van der Waals surface area contributed by atoms with Gasteiger partial charge in [-0.15, -0.1) is 0 Å². The van der Waals surface area contributed by atoms with Crippen LogP contribution < -0.4 is 0 Å². The number of aliphatic carboxylic acids is 1. The van der Waals surface area contributed by atoms with Gasteiger partial charge in [-0.3, -0.25) is 14.5 Å². The largest absolute Gasteiger partial charge is 0.480 e. The molecule has 3 rings (SSSR count). The van der Waals surface area contributed by atoms with Gasteiger partial charge in [0, 0.05) is 16.7 Å². The van der Waals surface area contributed by atoms with Crippen LogP contribution in [0.25, 0.3) is 17.4 Å². The van der Waals surface area contributed by atoms with Crippen LogP contribution in [0.15, 0.2) is 39.7 Å². The van der Waals surface area contributed by atoms with Gasteiger partial charge < -0.3 is 9.52 Å². The van der Waals surface area contributed by atoms with Gasteiger partial charge in [-0.1, -0.05) is 47.2 Å². The van der Waals surface area contributed by atoms with E-state index in [2.05, 4.69) is 0 Å². The number of nitrogens with zero attached hydrogens (tertiary/aromatic N) is 1. The molecule has 0 aliphatic carbocycles. The first kappa shape index (κ1) is 18.0. The summed E-state index contributed by atoms with van der Waals surface area (Å²) in [6, 6.07) is 8.40. The number of hydrogen-bond acceptors (Lipinski definition) is 5. The first-order valence-corrected chi connectivity index (χ1v) is 8.85. The molecule has 25 heavy (non-hydrogen) atoms. The predicted molar refractivity (Wildman–Crippen MR) is 102 cm³/mol. The van der Waals surface area contributed by atoms with E-state index in [9.17, 15) is 9.59 Å². The minimum absolute atomic E-state index is 0.198. The summed E-state index contributed by atoms with van der Waals surface area (Å²) in [4.78, 5) is 24.4. The highest BCUT2D eigenvalue weighted by molar-refractivity contribution is 8.26. The number of thioether (sulfide) groups is 1. The smallest absolute Gasteiger partial charge is 0.323 e. The molecule has 0 atom stereocenters. The number of carbonyl (C=O) groups is 2. The van der Waals surface area contributed by atoms with Gasteiger partial charge in [-0.05, 0) is 30.3 Å². The monoisotopic (exact) mass is 413 g/mol. The van der Waals surface area contributed by atoms with Crippen molar-refractivity contribution in [1.82, 2.24) is 4.90 Å². The van der Waals surface area contributed by atoms with Crippen LogP contribution in [0, 0.1) is 0 Å². The molecule has 1 aromatic carbocycles. The first-order valence-electron chi connectivity index (χ1n) is 6.87. The number of amides is 1. The van der Waals surface area contributed by atoms with E-state index in [1.54, 1.807) is 30.3 Å². The third-order valence-corrected chi connectivity index (χ3v) is 5.20. The Bertz CT molecular complexity index is 923. The van der Waals surface area contributed by atoms with E-state index in [0.717, 1.165) is 16.7 Å². The number of benzene rings is 1. The Morgan fingerprint density at radius 2 is 2.08 bits per heavy atom. The quantitative estimate of drug-likeness (QED) is 0.585. The first-order chi connectivity index (χ1) is 11.8. The van der Waals surface area contributed by atoms with Crippen molar-refractivity contribution in [2.24, 2.45) is 0 Å². The van der Waals surface area contributed by atoms with Crippen molar-refractivity contribution in [3.8, 4) is 11.3 Å². The van der Waals surface area contributed by atoms with E-state index >= 15 is 0 Å². The zero-order valence-corrected chi connectivity index (χ0v) is 15.5. The van der Waals surface area contributed by atoms with Gasteiger partial charge in [0.05, 0.1) is 9.93 Å². The number of halogens is 2. The molecule has 1 aromatic heterocycles. The summed E-state index contributed by atoms with van der Waals surface area (Å²) in [5, 5.41) is 9.84. The van der Waals surface area contributed by atoms with Gasteiger partial charge in [-0.25, -0.2) is 0 Å². The van der Waals surface area contributed by atoms with E-state index < -0.39 is 18.4 Å². The lowest BCUT2D eigenvalue weighted by Gasteiger charge is -2.09. The highest BCUT2D eigenvalue weighted by atomic mass is 35.5. The van der Waals surface area contributed by atoms with Gasteiger partial charge in [0.25, 0.3) is 5.91 Å². The average molecular weight is 414 g/mol. The third kappa shape index (κ3) is 3.90. The topological polar surface area (TPSA) is 70.8 Å². The Kier molecular flexibility index (Phi) is 5.19. The zero-order valence-electron chi connectivity index (χ0n) is 12.4. The standard InChI is InChI=1S/C16H9Cl2NO4S2/c17-8-1-3-11(18)10(5-8)12-4-2-9(23-12)6-13-15(22)19(7-14(20)21)16(24)25-13/h1-6H,7H2,(H,20,21)/b13-6-. The maximum atomic E-state index is 12.2. The second-order valence-electron chi connectivity index (χ2n) is 4.99. The fraction of sp³-hybridized carbons (Fsp3) is 0.0625. The third-order valence-electron chi connectivity index (χ3n) is 3.26. The summed E-state index contributed by atoms with van der Waals surface area (Å²) < 4.78 is 5.90. The van der Waals surface area contributed by atoms with E-state index in [4.69, 9.17) is 44.9 Å². The van der Waals surface area contributed by atoms with Gasteiger partial charge in [-0.2, -0.15) is 0 Å². The maximum absolute atomic E-state index is 12.2. The molecule has 1 saturated heterocycles. The number of thiocarbonyl (C=S) groups is 1. The van der Waals surface area contributed by atoms with E-state index in [1.807, 2.05) is 0 Å². The van der Waals surface area contributed by atoms with Crippen LogP contribution in [0.1, 0.15) is 5.76 Å². The number of carbonyl (C=O) groups excluding carboxylic acids is 1. The Hall–Kier alpha value is -1.80. The van der Waals surface area contributed by atoms with Crippen LogP contribution in [0.4, 0.5) is 0 Å². The Morgan fingerprint density at radius 1 is 1.32 bits per heavy atom. The number of carboxylic acid groups (broad SMARTS) is 1. The minimum atomic E-state index is -1.13. The summed E-state index contributed by atoms with van der Waals surface area (Å²) in [6.45, 7) is -0.469. The minimum Gasteiger partial charge on any atom is -0.480 e. The van der Waals surface area contributed by atoms with Crippen LogP contribution in [-0.4, -0.2) is 32.7 Å². The predicted octanol–water partition coefficient (Wildman–Crippen LogP) is 4.54. The van der Waals surface area contributed by atoms with Crippen molar-refractivity contribution in [3.05, 3.63) is 51.0 Å². The molecule has 1 N–H and O–H groups in total. The van der Waals surface area contributed by atoms with Gasteiger partial charge in [0.2, 0.25) is 0 Å². The van der Waals surface area contributed by atoms with Crippen molar-refractivity contribution < 1.29 is 19.1 Å². The lowest BCUT2D eigenvalue weighted by Crippen LogP contribution is -2.33. The SMILES string of the molecule is O=C(O)CN1C(=O)/C(=C/c2ccc(-c3cc(Cl)ccc3Cl)o2)SC1=S. The second kappa shape index (κ2) is 7.21. The van der Waals surface area contributed by atoms with Gasteiger partial charge in [0.15, 0.2) is 0 Å². The van der Waals surface area contributed by atoms with Crippen LogP contribution >= 0.6 is 47.2 Å². The van der Waals surface area contributed by atoms with E-state index in [-0.39, 0.29) is 4.32 Å². The van der Waals surface area contributed by atoms with Crippen molar-refractivity contribution in [1.29, 1.82) is 0 Å². The Balaban J connectivity index is 1.87. The fourth-order valence-corrected chi connectivity index (χ4v) is 3.78. The molecule has 9 heteroatoms. The van der Waals surface area contributed by atoms with Crippen molar-refractivity contribution >= 4 is 69.5 Å². The van der Waals surface area contributed by atoms with E-state index in [0.29, 0.717) is 32.0 Å². The molecule has 0 spiro atoms. The summed E-state index contributed by atoms with van der Waals surface area (Å²) in [5.41, 5.74) is 0.632. The lowest BCUT2D eigenvalue weighted by molar-refractivity contribution is -0.140. The lowest BCUT2D eigenvalue weighted by atomic mass is 10.2. The molecule has 0 bridgehead atoms. The molecular weight excluding hydrogens is 405 g/mol. The molecule has 1 amide bonds. The fourth-order valence-electron chi connectivity index (χ4n) is 2.16. The molecule has 1 aliphatic rings. The maximum Gasteiger partial charge on any atom is 0.323 e. The molecule has 1 fully saturated rings. The Morgan fingerprint density at radius 3 is 2.80 bits per heavy atom. The highest BCUT2D eigenvalue weighted by Gasteiger charge is 2.33. The molecule has 128 valence electrons. The van der Waals surface area contributed by atoms with Crippen LogP contribution in [-0.2, 0) is 9.59 Å². The molecule has 2 heterocycles. The summed E-state index contributed by atoms with van der Waals surface area (Å²) in [7, 11) is 0. The number of carboxylic acids is 1. The van der Waals surface area contributed by atoms with Crippen LogP contribution in [0.2, 0.25) is 10.0 Å². The summed E-state index contributed by atoms with van der Waals surface area (Å²) in [5.74, 6) is -0.675. The molecule has 5 nitrogen and oxygen atoms in total. The normalized spacial score (nSPS) is 16.1. The summed E-state index contributed by atoms with van der Waals surface area (Å²) in [6.07, 6.45) is 1.52. The number of hydrogen-bond donors (Lipinski definition) is 1. The highest BCUT2D eigenvalue weighted by Crippen LogP contribution is 2.35. The average Bonchev–Trinajstić information content (AvgIpc) is 3.10. The number of rotatable bonds is 4.